The predicted molar refractivity (Wildman–Crippen MR) is 141 cm³/mol. The third-order valence-corrected chi connectivity index (χ3v) is 6.54. The first-order valence-corrected chi connectivity index (χ1v) is 11.5. The van der Waals surface area contributed by atoms with Crippen molar-refractivity contribution in [3.8, 4) is 0 Å². The van der Waals surface area contributed by atoms with Crippen molar-refractivity contribution in [2.24, 2.45) is 0 Å². The Hall–Kier alpha value is -4.21. The van der Waals surface area contributed by atoms with E-state index in [1.54, 1.807) is 0 Å². The van der Waals surface area contributed by atoms with E-state index in [4.69, 9.17) is 20.4 Å². The van der Waals surface area contributed by atoms with Crippen LogP contribution in [0.1, 0.15) is 0 Å². The molecular formula is C30H18ClNO2. The Kier molecular flexibility index (Phi) is 4.20. The number of rotatable bonds is 3. The van der Waals surface area contributed by atoms with Gasteiger partial charge in [-0.25, -0.2) is 0 Å². The lowest BCUT2D eigenvalue weighted by Crippen LogP contribution is -2.09. The first-order chi connectivity index (χ1) is 16.7. The number of fused-ring (bicyclic) bond motifs is 6. The second kappa shape index (κ2) is 7.41. The number of nitrogens with zero attached hydrogens (tertiary/aromatic N) is 1. The molecule has 0 aliphatic rings. The molecular weight excluding hydrogens is 442 g/mol. The summed E-state index contributed by atoms with van der Waals surface area (Å²) < 4.78 is 12.1. The zero-order chi connectivity index (χ0) is 22.6. The third kappa shape index (κ3) is 2.98. The lowest BCUT2D eigenvalue weighted by Gasteiger charge is -2.25. The van der Waals surface area contributed by atoms with Crippen molar-refractivity contribution in [3.05, 3.63) is 114 Å². The van der Waals surface area contributed by atoms with Gasteiger partial charge in [0.1, 0.15) is 22.3 Å². The van der Waals surface area contributed by atoms with Gasteiger partial charge in [0.25, 0.3) is 0 Å². The van der Waals surface area contributed by atoms with Crippen LogP contribution in [0, 0.1) is 0 Å². The van der Waals surface area contributed by atoms with Crippen LogP contribution in [0.3, 0.4) is 0 Å². The van der Waals surface area contributed by atoms with Crippen LogP contribution in [0.4, 0.5) is 17.1 Å². The van der Waals surface area contributed by atoms with Gasteiger partial charge in [-0.15, -0.1) is 0 Å². The topological polar surface area (TPSA) is 29.5 Å². The van der Waals surface area contributed by atoms with Crippen LogP contribution in [0.25, 0.3) is 43.9 Å². The standard InChI is InChI=1S/C30H18ClNO2/c31-19-6-5-7-20(16-19)32(21-12-14-29-25(17-21)23-8-1-3-10-27(23)33-29)22-13-15-30-26(18-22)24-9-2-4-11-28(24)34-30/h1-18H. The quantitative estimate of drug-likeness (QED) is 0.263. The second-order valence-corrected chi connectivity index (χ2v) is 8.81. The largest absolute Gasteiger partial charge is 0.456 e. The summed E-state index contributed by atoms with van der Waals surface area (Å²) in [5.41, 5.74) is 6.53. The van der Waals surface area contributed by atoms with Crippen LogP contribution in [-0.2, 0) is 0 Å². The number of para-hydroxylation sites is 2. The highest BCUT2D eigenvalue weighted by Gasteiger charge is 2.17. The Bertz CT molecular complexity index is 1730. The fourth-order valence-electron chi connectivity index (χ4n) is 4.77. The Balaban J connectivity index is 1.49. The van der Waals surface area contributed by atoms with Gasteiger partial charge in [-0.2, -0.15) is 0 Å². The molecule has 0 N–H and O–H groups in total. The van der Waals surface area contributed by atoms with Gasteiger partial charge in [0.15, 0.2) is 0 Å². The Labute approximate surface area is 200 Å². The van der Waals surface area contributed by atoms with E-state index >= 15 is 0 Å². The molecule has 0 aliphatic carbocycles. The van der Waals surface area contributed by atoms with Crippen molar-refractivity contribution in [2.75, 3.05) is 4.90 Å². The Morgan fingerprint density at radius 2 is 0.941 bits per heavy atom. The number of furan rings is 2. The number of hydrogen-bond acceptors (Lipinski definition) is 3. The van der Waals surface area contributed by atoms with Gasteiger partial charge in [-0.1, -0.05) is 54.1 Å². The number of halogens is 1. The molecule has 2 heterocycles. The van der Waals surface area contributed by atoms with Crippen molar-refractivity contribution in [1.29, 1.82) is 0 Å². The molecule has 4 heteroatoms. The van der Waals surface area contributed by atoms with E-state index in [1.807, 2.05) is 66.7 Å². The fraction of sp³-hybridized carbons (Fsp3) is 0. The van der Waals surface area contributed by atoms with E-state index in [2.05, 4.69) is 47.4 Å². The van der Waals surface area contributed by atoms with Gasteiger partial charge in [0.05, 0.1) is 0 Å². The molecule has 0 aliphatic heterocycles. The minimum absolute atomic E-state index is 0.687. The van der Waals surface area contributed by atoms with Crippen LogP contribution in [0.2, 0.25) is 5.02 Å². The molecule has 0 amide bonds. The molecule has 5 aromatic carbocycles. The molecule has 34 heavy (non-hydrogen) atoms. The summed E-state index contributed by atoms with van der Waals surface area (Å²) in [6.07, 6.45) is 0. The molecule has 3 nitrogen and oxygen atoms in total. The SMILES string of the molecule is Clc1cccc(N(c2ccc3oc4ccccc4c3c2)c2ccc3oc4ccccc4c3c2)c1. The van der Waals surface area contributed by atoms with Crippen molar-refractivity contribution >= 4 is 72.5 Å². The molecule has 2 aromatic heterocycles. The zero-order valence-electron chi connectivity index (χ0n) is 18.0. The average Bonchev–Trinajstić information content (AvgIpc) is 3.42. The first-order valence-electron chi connectivity index (χ1n) is 11.1. The molecule has 0 radical (unpaired) electrons. The van der Waals surface area contributed by atoms with Gasteiger partial charge in [-0.3, -0.25) is 0 Å². The van der Waals surface area contributed by atoms with E-state index < -0.39 is 0 Å². The minimum Gasteiger partial charge on any atom is -0.456 e. The maximum Gasteiger partial charge on any atom is 0.135 e. The summed E-state index contributed by atoms with van der Waals surface area (Å²) in [4.78, 5) is 2.22. The van der Waals surface area contributed by atoms with Crippen LogP contribution in [0.5, 0.6) is 0 Å². The van der Waals surface area contributed by atoms with E-state index in [9.17, 15) is 0 Å². The second-order valence-electron chi connectivity index (χ2n) is 8.37. The lowest BCUT2D eigenvalue weighted by molar-refractivity contribution is 0.668. The average molecular weight is 460 g/mol. The van der Waals surface area contributed by atoms with E-state index in [0.717, 1.165) is 60.9 Å². The summed E-state index contributed by atoms with van der Waals surface area (Å²) in [6.45, 7) is 0. The lowest BCUT2D eigenvalue weighted by atomic mass is 10.1. The minimum atomic E-state index is 0.687. The number of hydrogen-bond donors (Lipinski definition) is 0. The van der Waals surface area contributed by atoms with Crippen LogP contribution < -0.4 is 4.90 Å². The van der Waals surface area contributed by atoms with Crippen LogP contribution in [-0.4, -0.2) is 0 Å². The molecule has 0 atom stereocenters. The molecule has 7 aromatic rings. The predicted octanol–water partition coefficient (Wildman–Crippen LogP) is 9.61. The van der Waals surface area contributed by atoms with Crippen molar-refractivity contribution in [3.63, 3.8) is 0 Å². The highest BCUT2D eigenvalue weighted by Crippen LogP contribution is 2.41. The Morgan fingerprint density at radius 1 is 0.441 bits per heavy atom. The molecule has 0 saturated carbocycles. The Morgan fingerprint density at radius 3 is 1.50 bits per heavy atom. The smallest absolute Gasteiger partial charge is 0.135 e. The van der Waals surface area contributed by atoms with Crippen LogP contribution >= 0.6 is 11.6 Å². The monoisotopic (exact) mass is 459 g/mol. The molecule has 0 fully saturated rings. The van der Waals surface area contributed by atoms with Gasteiger partial charge < -0.3 is 13.7 Å². The van der Waals surface area contributed by atoms with E-state index in [-0.39, 0.29) is 0 Å². The van der Waals surface area contributed by atoms with E-state index in [0.29, 0.717) is 5.02 Å². The third-order valence-electron chi connectivity index (χ3n) is 6.30. The van der Waals surface area contributed by atoms with Crippen molar-refractivity contribution < 1.29 is 8.83 Å². The summed E-state index contributed by atoms with van der Waals surface area (Å²) in [5.74, 6) is 0. The van der Waals surface area contributed by atoms with Crippen LogP contribution in [0.15, 0.2) is 118 Å². The number of anilines is 3. The normalized spacial score (nSPS) is 11.7. The van der Waals surface area contributed by atoms with Gasteiger partial charge in [0.2, 0.25) is 0 Å². The fourth-order valence-corrected chi connectivity index (χ4v) is 4.95. The van der Waals surface area contributed by atoms with Gasteiger partial charge in [0, 0.05) is 43.6 Å². The van der Waals surface area contributed by atoms with Crippen molar-refractivity contribution in [2.45, 2.75) is 0 Å². The first kappa shape index (κ1) is 19.3. The summed E-state index contributed by atoms with van der Waals surface area (Å²) in [6, 6.07) is 36.8. The molecule has 0 saturated heterocycles. The highest BCUT2D eigenvalue weighted by molar-refractivity contribution is 6.30. The zero-order valence-corrected chi connectivity index (χ0v) is 18.8. The highest BCUT2D eigenvalue weighted by atomic mass is 35.5. The summed E-state index contributed by atoms with van der Waals surface area (Å²) in [5, 5.41) is 5.04. The number of benzene rings is 5. The molecule has 0 bridgehead atoms. The molecule has 162 valence electrons. The molecule has 0 unspecified atom stereocenters. The van der Waals surface area contributed by atoms with Gasteiger partial charge in [-0.05, 0) is 66.7 Å². The van der Waals surface area contributed by atoms with Crippen molar-refractivity contribution in [1.82, 2.24) is 0 Å². The summed E-state index contributed by atoms with van der Waals surface area (Å²) in [7, 11) is 0. The van der Waals surface area contributed by atoms with Gasteiger partial charge >= 0.3 is 0 Å². The maximum absolute atomic E-state index is 6.42. The van der Waals surface area contributed by atoms with E-state index in [1.165, 1.54) is 0 Å². The molecule has 7 rings (SSSR count). The molecule has 0 spiro atoms. The summed E-state index contributed by atoms with van der Waals surface area (Å²) >= 11 is 6.42. The maximum atomic E-state index is 6.42.